The highest BCUT2D eigenvalue weighted by atomic mass is 19.4. The summed E-state index contributed by atoms with van der Waals surface area (Å²) < 4.78 is 39.7. The molecule has 0 aliphatic rings. The molecule has 0 radical (unpaired) electrons. The van der Waals surface area contributed by atoms with Gasteiger partial charge in [0.25, 0.3) is 0 Å². The second kappa shape index (κ2) is 9.25. The van der Waals surface area contributed by atoms with Crippen molar-refractivity contribution in [3.63, 3.8) is 0 Å². The molecule has 0 saturated heterocycles. The largest absolute Gasteiger partial charge is 0.418 e. The molecule has 0 unspecified atom stereocenters. The SMILES string of the molecule is O=C(CCCc1c(-c2ccc3ccccc3n2)[nH]c2ccccc12)Nc1ccccc1C(F)(F)F. The summed E-state index contributed by atoms with van der Waals surface area (Å²) in [5, 5.41) is 4.51. The lowest BCUT2D eigenvalue weighted by Gasteiger charge is -2.13. The monoisotopic (exact) mass is 473 g/mol. The number of aromatic amines is 1. The molecule has 7 heteroatoms. The third-order valence-electron chi connectivity index (χ3n) is 6.01. The van der Waals surface area contributed by atoms with Gasteiger partial charge in [-0.1, -0.05) is 54.6 Å². The smallest absolute Gasteiger partial charge is 0.353 e. The van der Waals surface area contributed by atoms with Gasteiger partial charge in [-0.05, 0) is 48.7 Å². The number of aryl methyl sites for hydroxylation is 1. The Kier molecular flexibility index (Phi) is 5.99. The number of hydrogen-bond donors (Lipinski definition) is 2. The summed E-state index contributed by atoms with van der Waals surface area (Å²) >= 11 is 0. The minimum Gasteiger partial charge on any atom is -0.353 e. The average Bonchev–Trinajstić information content (AvgIpc) is 3.22. The highest BCUT2D eigenvalue weighted by Crippen LogP contribution is 2.35. The Labute approximate surface area is 199 Å². The molecule has 0 spiro atoms. The number of carbonyl (C=O) groups is 1. The maximum atomic E-state index is 13.2. The predicted molar refractivity (Wildman–Crippen MR) is 132 cm³/mol. The maximum absolute atomic E-state index is 13.2. The molecule has 5 aromatic rings. The molecular formula is C28H22F3N3O. The molecule has 4 nitrogen and oxygen atoms in total. The van der Waals surface area contributed by atoms with Crippen LogP contribution in [0.5, 0.6) is 0 Å². The molecule has 2 heterocycles. The van der Waals surface area contributed by atoms with Gasteiger partial charge >= 0.3 is 6.18 Å². The predicted octanol–water partition coefficient (Wildman–Crippen LogP) is 7.36. The Morgan fingerprint density at radius 3 is 2.49 bits per heavy atom. The number of fused-ring (bicyclic) bond motifs is 2. The van der Waals surface area contributed by atoms with E-state index in [0.717, 1.165) is 44.8 Å². The number of pyridine rings is 1. The molecule has 35 heavy (non-hydrogen) atoms. The van der Waals surface area contributed by atoms with Crippen molar-refractivity contribution in [1.82, 2.24) is 9.97 Å². The molecule has 5 rings (SSSR count). The number of halogens is 3. The fourth-order valence-electron chi connectivity index (χ4n) is 4.36. The molecule has 0 atom stereocenters. The number of nitrogens with zero attached hydrogens (tertiary/aromatic N) is 1. The van der Waals surface area contributed by atoms with Crippen LogP contribution in [0.2, 0.25) is 0 Å². The Morgan fingerprint density at radius 1 is 0.886 bits per heavy atom. The fraction of sp³-hybridized carbons (Fsp3) is 0.143. The standard InChI is InChI=1S/C28H22F3N3O/c29-28(30,31)21-11-3-6-14-24(21)33-26(35)15-7-10-20-19-9-2-5-13-23(19)34-27(20)25-17-16-18-8-1-4-12-22(18)32-25/h1-6,8-9,11-14,16-17,34H,7,10,15H2,(H,33,35). The van der Waals surface area contributed by atoms with Crippen LogP contribution in [0, 0.1) is 0 Å². The molecule has 2 aromatic heterocycles. The third kappa shape index (κ3) is 4.75. The van der Waals surface area contributed by atoms with E-state index >= 15 is 0 Å². The van der Waals surface area contributed by atoms with Crippen molar-refractivity contribution in [2.24, 2.45) is 0 Å². The van der Waals surface area contributed by atoms with Crippen molar-refractivity contribution < 1.29 is 18.0 Å². The number of hydrogen-bond acceptors (Lipinski definition) is 2. The Bertz CT molecular complexity index is 1520. The van der Waals surface area contributed by atoms with E-state index in [-0.39, 0.29) is 12.1 Å². The van der Waals surface area contributed by atoms with Crippen LogP contribution in [0.1, 0.15) is 24.0 Å². The lowest BCUT2D eigenvalue weighted by molar-refractivity contribution is -0.137. The number of aromatic nitrogens is 2. The minimum absolute atomic E-state index is 0.0935. The summed E-state index contributed by atoms with van der Waals surface area (Å²) in [6, 6.07) is 24.8. The van der Waals surface area contributed by atoms with Crippen LogP contribution in [0.25, 0.3) is 33.2 Å². The van der Waals surface area contributed by atoms with Gasteiger partial charge in [0.2, 0.25) is 5.91 Å². The van der Waals surface area contributed by atoms with Crippen LogP contribution in [0.3, 0.4) is 0 Å². The van der Waals surface area contributed by atoms with E-state index in [1.807, 2.05) is 60.7 Å². The summed E-state index contributed by atoms with van der Waals surface area (Å²) in [7, 11) is 0. The van der Waals surface area contributed by atoms with E-state index < -0.39 is 17.6 Å². The van der Waals surface area contributed by atoms with E-state index in [1.54, 1.807) is 0 Å². The van der Waals surface area contributed by atoms with Gasteiger partial charge in [-0.15, -0.1) is 0 Å². The van der Waals surface area contributed by atoms with E-state index in [1.165, 1.54) is 18.2 Å². The van der Waals surface area contributed by atoms with E-state index in [9.17, 15) is 18.0 Å². The Balaban J connectivity index is 1.37. The van der Waals surface area contributed by atoms with Gasteiger partial charge in [-0.25, -0.2) is 4.98 Å². The van der Waals surface area contributed by atoms with Crippen LogP contribution in [-0.2, 0) is 17.4 Å². The zero-order valence-corrected chi connectivity index (χ0v) is 18.7. The van der Waals surface area contributed by atoms with Crippen molar-refractivity contribution in [3.8, 4) is 11.4 Å². The highest BCUT2D eigenvalue weighted by Gasteiger charge is 2.33. The molecule has 3 aromatic carbocycles. The number of benzene rings is 3. The molecule has 0 fully saturated rings. The number of H-pyrrole nitrogens is 1. The first-order valence-electron chi connectivity index (χ1n) is 11.3. The van der Waals surface area contributed by atoms with Crippen molar-refractivity contribution >= 4 is 33.4 Å². The quantitative estimate of drug-likeness (QED) is 0.271. The number of alkyl halides is 3. The molecule has 0 bridgehead atoms. The van der Waals surface area contributed by atoms with Crippen LogP contribution in [-0.4, -0.2) is 15.9 Å². The highest BCUT2D eigenvalue weighted by molar-refractivity contribution is 5.93. The van der Waals surface area contributed by atoms with E-state index in [4.69, 9.17) is 4.98 Å². The fourth-order valence-corrected chi connectivity index (χ4v) is 4.36. The summed E-state index contributed by atoms with van der Waals surface area (Å²) in [4.78, 5) is 20.8. The van der Waals surface area contributed by atoms with E-state index in [2.05, 4.69) is 10.3 Å². The molecule has 1 amide bonds. The first kappa shape index (κ1) is 22.7. The maximum Gasteiger partial charge on any atom is 0.418 e. The van der Waals surface area contributed by atoms with Crippen LogP contribution in [0.15, 0.2) is 84.9 Å². The molecule has 2 N–H and O–H groups in total. The summed E-state index contributed by atoms with van der Waals surface area (Å²) in [5.74, 6) is -0.452. The number of anilines is 1. The summed E-state index contributed by atoms with van der Waals surface area (Å²) in [5.41, 5.74) is 3.51. The summed E-state index contributed by atoms with van der Waals surface area (Å²) in [6.07, 6.45) is -3.39. The zero-order chi connectivity index (χ0) is 24.4. The molecule has 0 aliphatic carbocycles. The lowest BCUT2D eigenvalue weighted by atomic mass is 10.0. The first-order valence-corrected chi connectivity index (χ1v) is 11.3. The number of carbonyl (C=O) groups excluding carboxylic acids is 1. The summed E-state index contributed by atoms with van der Waals surface area (Å²) in [6.45, 7) is 0. The van der Waals surface area contributed by atoms with Crippen molar-refractivity contribution in [2.75, 3.05) is 5.32 Å². The van der Waals surface area contributed by atoms with Crippen molar-refractivity contribution in [2.45, 2.75) is 25.4 Å². The van der Waals surface area contributed by atoms with Gasteiger partial charge < -0.3 is 10.3 Å². The Morgan fingerprint density at radius 2 is 1.63 bits per heavy atom. The van der Waals surface area contributed by atoms with E-state index in [0.29, 0.717) is 12.8 Å². The molecular weight excluding hydrogens is 451 g/mol. The van der Waals surface area contributed by atoms with Gasteiger partial charge in [0.1, 0.15) is 0 Å². The first-order chi connectivity index (χ1) is 16.9. The van der Waals surface area contributed by atoms with Crippen LogP contribution in [0.4, 0.5) is 18.9 Å². The van der Waals surface area contributed by atoms with Crippen molar-refractivity contribution in [1.29, 1.82) is 0 Å². The number of nitrogens with one attached hydrogen (secondary N) is 2. The Hall–Kier alpha value is -4.13. The lowest BCUT2D eigenvalue weighted by Crippen LogP contribution is -2.16. The van der Waals surface area contributed by atoms with Gasteiger partial charge in [-0.3, -0.25) is 4.79 Å². The molecule has 0 aliphatic heterocycles. The number of amides is 1. The second-order valence-corrected chi connectivity index (χ2v) is 8.36. The normalized spacial score (nSPS) is 11.7. The molecule has 176 valence electrons. The number of rotatable bonds is 6. The zero-order valence-electron chi connectivity index (χ0n) is 18.7. The minimum atomic E-state index is -4.53. The third-order valence-corrected chi connectivity index (χ3v) is 6.01. The average molecular weight is 473 g/mol. The van der Waals surface area contributed by atoms with Gasteiger partial charge in [0, 0.05) is 22.7 Å². The van der Waals surface area contributed by atoms with Crippen LogP contribution >= 0.6 is 0 Å². The van der Waals surface area contributed by atoms with Gasteiger partial charge in [0.15, 0.2) is 0 Å². The second-order valence-electron chi connectivity index (χ2n) is 8.36. The molecule has 0 saturated carbocycles. The van der Waals surface area contributed by atoms with Crippen molar-refractivity contribution in [3.05, 3.63) is 96.1 Å². The van der Waals surface area contributed by atoms with Gasteiger partial charge in [0.05, 0.1) is 28.2 Å². The number of para-hydroxylation sites is 3. The van der Waals surface area contributed by atoms with Crippen LogP contribution < -0.4 is 5.32 Å². The van der Waals surface area contributed by atoms with Gasteiger partial charge in [-0.2, -0.15) is 13.2 Å². The topological polar surface area (TPSA) is 57.8 Å².